The average molecular weight is 375 g/mol. The highest BCUT2D eigenvalue weighted by atomic mass is 28.4. The first-order chi connectivity index (χ1) is 10.7. The SMILES string of the molecule is CCO[Si](C)(C)C=C[Si](C=C[Si](C)(OCC)OCC)(CC)CC. The molecule has 136 valence electrons. The van der Waals surface area contributed by atoms with E-state index in [0.29, 0.717) is 13.2 Å². The Balaban J connectivity index is 5.36. The van der Waals surface area contributed by atoms with Crippen LogP contribution in [0.25, 0.3) is 0 Å². The van der Waals surface area contributed by atoms with Crippen molar-refractivity contribution in [3.05, 3.63) is 22.8 Å². The van der Waals surface area contributed by atoms with Gasteiger partial charge in [0.1, 0.15) is 0 Å². The molecule has 0 aliphatic rings. The Kier molecular flexibility index (Phi) is 10.8. The molecule has 0 N–H and O–H groups in total. The van der Waals surface area contributed by atoms with Crippen molar-refractivity contribution in [2.24, 2.45) is 0 Å². The van der Waals surface area contributed by atoms with E-state index < -0.39 is 25.0 Å². The molecule has 0 aromatic heterocycles. The van der Waals surface area contributed by atoms with Crippen LogP contribution in [0.5, 0.6) is 0 Å². The number of hydrogen-bond acceptors (Lipinski definition) is 3. The van der Waals surface area contributed by atoms with Crippen LogP contribution in [0, 0.1) is 0 Å². The monoisotopic (exact) mass is 374 g/mol. The van der Waals surface area contributed by atoms with Crippen LogP contribution in [0.1, 0.15) is 34.6 Å². The van der Waals surface area contributed by atoms with Gasteiger partial charge < -0.3 is 13.3 Å². The summed E-state index contributed by atoms with van der Waals surface area (Å²) in [6.45, 7) is 19.7. The summed E-state index contributed by atoms with van der Waals surface area (Å²) in [5, 5.41) is 0. The van der Waals surface area contributed by atoms with Crippen LogP contribution in [0.2, 0.25) is 31.7 Å². The van der Waals surface area contributed by atoms with Gasteiger partial charge in [0.05, 0.1) is 8.07 Å². The van der Waals surface area contributed by atoms with Crippen molar-refractivity contribution < 1.29 is 13.3 Å². The van der Waals surface area contributed by atoms with E-state index in [-0.39, 0.29) is 0 Å². The fraction of sp³-hybridized carbons (Fsp3) is 0.765. The minimum atomic E-state index is -2.18. The smallest absolute Gasteiger partial charge is 0.361 e. The van der Waals surface area contributed by atoms with Gasteiger partial charge in [0.2, 0.25) is 8.32 Å². The van der Waals surface area contributed by atoms with Crippen LogP contribution < -0.4 is 0 Å². The molecule has 0 fully saturated rings. The Labute approximate surface area is 147 Å². The van der Waals surface area contributed by atoms with Gasteiger partial charge in [0.25, 0.3) is 0 Å². The Morgan fingerprint density at radius 3 is 1.43 bits per heavy atom. The quantitative estimate of drug-likeness (QED) is 0.443. The molecule has 0 amide bonds. The highest BCUT2D eigenvalue weighted by molar-refractivity contribution is 6.91. The van der Waals surface area contributed by atoms with Crippen molar-refractivity contribution in [3.63, 3.8) is 0 Å². The zero-order chi connectivity index (χ0) is 18.0. The molecule has 3 nitrogen and oxygen atoms in total. The van der Waals surface area contributed by atoms with E-state index in [1.54, 1.807) is 0 Å². The minimum absolute atomic E-state index is 0.708. The molecule has 0 spiro atoms. The maximum Gasteiger partial charge on any atom is 0.361 e. The first-order valence-corrected chi connectivity index (χ1v) is 17.0. The molecule has 0 aliphatic carbocycles. The van der Waals surface area contributed by atoms with Gasteiger partial charge in [-0.3, -0.25) is 0 Å². The predicted octanol–water partition coefficient (Wildman–Crippen LogP) is 5.13. The van der Waals surface area contributed by atoms with Crippen LogP contribution in [0.3, 0.4) is 0 Å². The maximum atomic E-state index is 5.95. The lowest BCUT2D eigenvalue weighted by Crippen LogP contribution is -2.39. The molecule has 0 atom stereocenters. The summed E-state index contributed by atoms with van der Waals surface area (Å²) < 4.78 is 17.8. The summed E-state index contributed by atoms with van der Waals surface area (Å²) in [7, 11) is -5.45. The molecule has 23 heavy (non-hydrogen) atoms. The summed E-state index contributed by atoms with van der Waals surface area (Å²) in [6.07, 6.45) is 0. The predicted molar refractivity (Wildman–Crippen MR) is 109 cm³/mol. The lowest BCUT2D eigenvalue weighted by Gasteiger charge is -2.27. The minimum Gasteiger partial charge on any atom is -0.414 e. The van der Waals surface area contributed by atoms with Crippen molar-refractivity contribution in [1.29, 1.82) is 0 Å². The highest BCUT2D eigenvalue weighted by Crippen LogP contribution is 2.22. The summed E-state index contributed by atoms with van der Waals surface area (Å²) >= 11 is 0. The Morgan fingerprint density at radius 2 is 1.04 bits per heavy atom. The molecule has 6 heteroatoms. The molecular formula is C17H38O3Si3. The van der Waals surface area contributed by atoms with Crippen LogP contribution in [0.4, 0.5) is 0 Å². The third-order valence-electron chi connectivity index (χ3n) is 4.23. The van der Waals surface area contributed by atoms with E-state index >= 15 is 0 Å². The third-order valence-corrected chi connectivity index (χ3v) is 13.7. The van der Waals surface area contributed by atoms with Crippen molar-refractivity contribution in [3.8, 4) is 0 Å². The fourth-order valence-corrected chi connectivity index (χ4v) is 11.9. The zero-order valence-electron chi connectivity index (χ0n) is 16.6. The van der Waals surface area contributed by atoms with Gasteiger partial charge in [-0.15, -0.1) is 0 Å². The van der Waals surface area contributed by atoms with Gasteiger partial charge in [-0.05, 0) is 40.4 Å². The van der Waals surface area contributed by atoms with Crippen molar-refractivity contribution in [2.45, 2.75) is 66.3 Å². The van der Waals surface area contributed by atoms with E-state index in [4.69, 9.17) is 13.3 Å². The molecular weight excluding hydrogens is 336 g/mol. The van der Waals surface area contributed by atoms with Gasteiger partial charge in [-0.1, -0.05) is 48.7 Å². The van der Waals surface area contributed by atoms with Crippen LogP contribution in [0.15, 0.2) is 22.8 Å². The van der Waals surface area contributed by atoms with Crippen molar-refractivity contribution in [2.75, 3.05) is 19.8 Å². The second-order valence-electron chi connectivity index (χ2n) is 6.53. The van der Waals surface area contributed by atoms with Crippen LogP contribution >= 0.6 is 0 Å². The van der Waals surface area contributed by atoms with Gasteiger partial charge in [-0.2, -0.15) is 0 Å². The van der Waals surface area contributed by atoms with E-state index in [1.165, 1.54) is 12.1 Å². The van der Waals surface area contributed by atoms with Crippen LogP contribution in [-0.4, -0.2) is 44.8 Å². The molecule has 0 aliphatic heterocycles. The summed E-state index contributed by atoms with van der Waals surface area (Å²) in [5.41, 5.74) is 9.62. The molecule has 0 unspecified atom stereocenters. The molecule has 0 rings (SSSR count). The van der Waals surface area contributed by atoms with Gasteiger partial charge in [0.15, 0.2) is 0 Å². The molecule has 0 saturated carbocycles. The highest BCUT2D eigenvalue weighted by Gasteiger charge is 2.31. The molecule has 0 saturated heterocycles. The van der Waals surface area contributed by atoms with Gasteiger partial charge >= 0.3 is 8.56 Å². The Hall–Kier alpha value is 0.0106. The summed E-state index contributed by atoms with van der Waals surface area (Å²) in [6, 6.07) is 2.41. The fourth-order valence-electron chi connectivity index (χ4n) is 2.59. The average Bonchev–Trinajstić information content (AvgIpc) is 2.49. The summed E-state index contributed by atoms with van der Waals surface area (Å²) in [5.74, 6) is 0. The lowest BCUT2D eigenvalue weighted by atomic mass is 10.9. The van der Waals surface area contributed by atoms with Gasteiger partial charge in [0, 0.05) is 19.8 Å². The largest absolute Gasteiger partial charge is 0.414 e. The van der Waals surface area contributed by atoms with E-state index in [0.717, 1.165) is 6.61 Å². The maximum absolute atomic E-state index is 5.95. The van der Waals surface area contributed by atoms with Crippen molar-refractivity contribution >= 4 is 25.0 Å². The molecule has 0 bridgehead atoms. The Bertz CT molecular complexity index is 371. The Morgan fingerprint density at radius 1 is 0.609 bits per heavy atom. The number of rotatable bonds is 12. The summed E-state index contributed by atoms with van der Waals surface area (Å²) in [4.78, 5) is 0. The van der Waals surface area contributed by atoms with E-state index in [1.807, 2.05) is 13.8 Å². The zero-order valence-corrected chi connectivity index (χ0v) is 19.6. The lowest BCUT2D eigenvalue weighted by molar-refractivity contribution is 0.201. The topological polar surface area (TPSA) is 27.7 Å². The normalized spacial score (nSPS) is 14.3. The van der Waals surface area contributed by atoms with Crippen LogP contribution in [-0.2, 0) is 13.3 Å². The van der Waals surface area contributed by atoms with Gasteiger partial charge in [-0.25, -0.2) is 0 Å². The second kappa shape index (κ2) is 10.8. The van der Waals surface area contributed by atoms with E-state index in [9.17, 15) is 0 Å². The standard InChI is InChI=1S/C17H38O3Si3/c1-9-18-21(6,7)14-16-23(12-4,13-5)17-15-22(8,19-10-2)20-11-3/h14-17H,9-13H2,1-8H3. The molecule has 0 radical (unpaired) electrons. The second-order valence-corrected chi connectivity index (χ2v) is 17.8. The molecule has 0 aromatic carbocycles. The first kappa shape index (κ1) is 23.0. The third kappa shape index (κ3) is 8.60. The van der Waals surface area contributed by atoms with E-state index in [2.05, 4.69) is 63.2 Å². The molecule has 0 aromatic rings. The van der Waals surface area contributed by atoms with Crippen molar-refractivity contribution in [1.82, 2.24) is 0 Å². The molecule has 0 heterocycles. The first-order valence-electron chi connectivity index (χ1n) is 9.04. The number of hydrogen-bond donors (Lipinski definition) is 0.